The van der Waals surface area contributed by atoms with Crippen molar-refractivity contribution in [3.63, 3.8) is 0 Å². The lowest BCUT2D eigenvalue weighted by Gasteiger charge is -1.91. The summed E-state index contributed by atoms with van der Waals surface area (Å²) in [6.45, 7) is 1.91. The van der Waals surface area contributed by atoms with Crippen molar-refractivity contribution in [3.8, 4) is 0 Å². The van der Waals surface area contributed by atoms with Gasteiger partial charge < -0.3 is 4.98 Å². The summed E-state index contributed by atoms with van der Waals surface area (Å²) in [6, 6.07) is 6.04. The molecule has 1 aromatic heterocycles. The lowest BCUT2D eigenvalue weighted by Crippen LogP contribution is -1.80. The maximum Gasteiger partial charge on any atom is 0.152 e. The first-order valence-electron chi connectivity index (χ1n) is 3.95. The van der Waals surface area contributed by atoms with Crippen molar-refractivity contribution in [2.75, 3.05) is 0 Å². The molecule has 1 aromatic carbocycles. The van der Waals surface area contributed by atoms with Gasteiger partial charge >= 0.3 is 0 Å². The molecule has 0 aliphatic carbocycles. The summed E-state index contributed by atoms with van der Waals surface area (Å²) < 4.78 is 1.15. The Labute approximate surface area is 89.5 Å². The lowest BCUT2D eigenvalue weighted by atomic mass is 10.1. The highest BCUT2D eigenvalue weighted by molar-refractivity contribution is 14.1. The number of rotatable bonds is 1. The number of nitrogens with one attached hydrogen (secondary N) is 1. The Kier molecular flexibility index (Phi) is 2.11. The minimum absolute atomic E-state index is 0.772. The Bertz CT molecular complexity index is 473. The van der Waals surface area contributed by atoms with Crippen LogP contribution in [0.1, 0.15) is 16.1 Å². The molecule has 3 heteroatoms. The highest BCUT2D eigenvalue weighted by atomic mass is 127. The van der Waals surface area contributed by atoms with E-state index in [1.165, 1.54) is 0 Å². The van der Waals surface area contributed by atoms with Gasteiger partial charge in [-0.15, -0.1) is 0 Å². The average Bonchev–Trinajstić information content (AvgIpc) is 2.40. The summed E-state index contributed by atoms with van der Waals surface area (Å²) in [5.41, 5.74) is 2.74. The summed E-state index contributed by atoms with van der Waals surface area (Å²) in [6.07, 6.45) is 0.907. The minimum atomic E-state index is 0.772. The molecule has 2 rings (SSSR count). The van der Waals surface area contributed by atoms with E-state index >= 15 is 0 Å². The molecule has 0 spiro atoms. The fraction of sp³-hybridized carbons (Fsp3) is 0.100. The van der Waals surface area contributed by atoms with E-state index in [0.29, 0.717) is 0 Å². The fourth-order valence-corrected chi connectivity index (χ4v) is 1.96. The SMILES string of the molecule is Cc1[nH]c2ccc(I)cc2c1C=O. The predicted molar refractivity (Wildman–Crippen MR) is 61.1 cm³/mol. The van der Waals surface area contributed by atoms with Crippen molar-refractivity contribution >= 4 is 39.8 Å². The Balaban J connectivity index is 2.88. The van der Waals surface area contributed by atoms with E-state index in [1.807, 2.05) is 25.1 Å². The van der Waals surface area contributed by atoms with Crippen LogP contribution < -0.4 is 0 Å². The minimum Gasteiger partial charge on any atom is -0.358 e. The highest BCUT2D eigenvalue weighted by Crippen LogP contribution is 2.22. The van der Waals surface area contributed by atoms with Crippen molar-refractivity contribution in [2.24, 2.45) is 0 Å². The number of aromatic amines is 1. The summed E-state index contributed by atoms with van der Waals surface area (Å²) in [4.78, 5) is 14.0. The average molecular weight is 285 g/mol. The van der Waals surface area contributed by atoms with E-state index in [1.54, 1.807) is 0 Å². The number of aryl methyl sites for hydroxylation is 1. The van der Waals surface area contributed by atoms with E-state index < -0.39 is 0 Å². The van der Waals surface area contributed by atoms with Gasteiger partial charge in [0.05, 0.1) is 0 Å². The third-order valence-corrected chi connectivity index (χ3v) is 2.79. The van der Waals surface area contributed by atoms with Crippen LogP contribution in [0.15, 0.2) is 18.2 Å². The van der Waals surface area contributed by atoms with Gasteiger partial charge in [-0.2, -0.15) is 0 Å². The molecule has 2 nitrogen and oxygen atoms in total. The predicted octanol–water partition coefficient (Wildman–Crippen LogP) is 2.89. The van der Waals surface area contributed by atoms with Gasteiger partial charge in [-0.1, -0.05) is 0 Å². The van der Waals surface area contributed by atoms with E-state index in [4.69, 9.17) is 0 Å². The third kappa shape index (κ3) is 1.37. The zero-order valence-electron chi connectivity index (χ0n) is 7.10. The molecule has 1 heterocycles. The topological polar surface area (TPSA) is 32.9 Å². The first-order valence-corrected chi connectivity index (χ1v) is 5.03. The molecule has 13 heavy (non-hydrogen) atoms. The standard InChI is InChI=1S/C10H8INO/c1-6-9(5-13)8-4-7(11)2-3-10(8)12-6/h2-5,12H,1H3. The van der Waals surface area contributed by atoms with Crippen LogP contribution >= 0.6 is 22.6 Å². The van der Waals surface area contributed by atoms with Crippen LogP contribution in [0.5, 0.6) is 0 Å². The Hall–Kier alpha value is -0.840. The molecule has 0 saturated carbocycles. The fourth-order valence-electron chi connectivity index (χ4n) is 1.47. The normalized spacial score (nSPS) is 10.6. The molecule has 0 radical (unpaired) electrons. The summed E-state index contributed by atoms with van der Waals surface area (Å²) in [5, 5.41) is 1.01. The second kappa shape index (κ2) is 3.14. The van der Waals surface area contributed by atoms with Gasteiger partial charge in [0.15, 0.2) is 6.29 Å². The van der Waals surface area contributed by atoms with Crippen LogP contribution in [0, 0.1) is 10.5 Å². The van der Waals surface area contributed by atoms with Crippen molar-refractivity contribution in [3.05, 3.63) is 33.0 Å². The number of benzene rings is 1. The van der Waals surface area contributed by atoms with E-state index in [0.717, 1.165) is 32.0 Å². The lowest BCUT2D eigenvalue weighted by molar-refractivity contribution is 0.112. The molecule has 0 saturated heterocycles. The number of aromatic nitrogens is 1. The molecule has 0 aliphatic heterocycles. The Morgan fingerprint density at radius 2 is 2.23 bits per heavy atom. The van der Waals surface area contributed by atoms with Gasteiger partial charge in [0.1, 0.15) is 0 Å². The highest BCUT2D eigenvalue weighted by Gasteiger charge is 2.06. The number of hydrogen-bond donors (Lipinski definition) is 1. The van der Waals surface area contributed by atoms with Crippen molar-refractivity contribution in [2.45, 2.75) is 6.92 Å². The number of carbonyl (C=O) groups excluding carboxylic acids is 1. The molecular formula is C10H8INO. The van der Waals surface area contributed by atoms with Gasteiger partial charge in [0.25, 0.3) is 0 Å². The molecule has 0 atom stereocenters. The number of carbonyl (C=O) groups is 1. The zero-order chi connectivity index (χ0) is 9.42. The number of hydrogen-bond acceptors (Lipinski definition) is 1. The summed E-state index contributed by atoms with van der Waals surface area (Å²) in [5.74, 6) is 0. The van der Waals surface area contributed by atoms with Crippen LogP contribution in [-0.4, -0.2) is 11.3 Å². The number of aldehydes is 1. The second-order valence-electron chi connectivity index (χ2n) is 2.97. The van der Waals surface area contributed by atoms with Crippen molar-refractivity contribution in [1.82, 2.24) is 4.98 Å². The molecule has 0 fully saturated rings. The van der Waals surface area contributed by atoms with Gasteiger partial charge in [0.2, 0.25) is 0 Å². The molecule has 0 aliphatic rings. The quantitative estimate of drug-likeness (QED) is 0.634. The molecule has 66 valence electrons. The monoisotopic (exact) mass is 285 g/mol. The Morgan fingerprint density at radius 3 is 2.92 bits per heavy atom. The van der Waals surface area contributed by atoms with Crippen LogP contribution in [-0.2, 0) is 0 Å². The first-order chi connectivity index (χ1) is 6.22. The third-order valence-electron chi connectivity index (χ3n) is 2.12. The summed E-state index contributed by atoms with van der Waals surface area (Å²) in [7, 11) is 0. The first kappa shape index (κ1) is 8.74. The smallest absolute Gasteiger partial charge is 0.152 e. The van der Waals surface area contributed by atoms with Gasteiger partial charge in [-0.05, 0) is 47.7 Å². The Morgan fingerprint density at radius 1 is 1.46 bits per heavy atom. The molecule has 0 unspecified atom stereocenters. The second-order valence-corrected chi connectivity index (χ2v) is 4.22. The van der Waals surface area contributed by atoms with E-state index in [9.17, 15) is 4.79 Å². The molecule has 1 N–H and O–H groups in total. The van der Waals surface area contributed by atoms with Gasteiger partial charge in [-0.3, -0.25) is 4.79 Å². The van der Waals surface area contributed by atoms with Crippen LogP contribution in [0.2, 0.25) is 0 Å². The maximum atomic E-state index is 10.8. The van der Waals surface area contributed by atoms with Crippen molar-refractivity contribution < 1.29 is 4.79 Å². The number of halogens is 1. The van der Waals surface area contributed by atoms with Gasteiger partial charge in [0, 0.05) is 25.7 Å². The summed E-state index contributed by atoms with van der Waals surface area (Å²) >= 11 is 2.24. The van der Waals surface area contributed by atoms with E-state index in [2.05, 4.69) is 27.6 Å². The number of H-pyrrole nitrogens is 1. The molecule has 2 aromatic rings. The molecular weight excluding hydrogens is 277 g/mol. The zero-order valence-corrected chi connectivity index (χ0v) is 9.25. The van der Waals surface area contributed by atoms with Crippen LogP contribution in [0.25, 0.3) is 10.9 Å². The van der Waals surface area contributed by atoms with Gasteiger partial charge in [-0.25, -0.2) is 0 Å². The van der Waals surface area contributed by atoms with E-state index in [-0.39, 0.29) is 0 Å². The van der Waals surface area contributed by atoms with Crippen LogP contribution in [0.3, 0.4) is 0 Å². The number of fused-ring (bicyclic) bond motifs is 1. The molecule has 0 bridgehead atoms. The molecule has 0 amide bonds. The van der Waals surface area contributed by atoms with Crippen LogP contribution in [0.4, 0.5) is 0 Å². The largest absolute Gasteiger partial charge is 0.358 e. The van der Waals surface area contributed by atoms with Crippen molar-refractivity contribution in [1.29, 1.82) is 0 Å². The maximum absolute atomic E-state index is 10.8.